The third-order valence-corrected chi connectivity index (χ3v) is 0.959. The lowest BCUT2D eigenvalue weighted by Crippen LogP contribution is -1.87. The molecular weight excluding hydrogens is 98.1 g/mol. The Hall–Kier alpha value is -0.850. The second-order valence-corrected chi connectivity index (χ2v) is 1.71. The smallest absolute Gasteiger partial charge is 0.0312 e. The summed E-state index contributed by atoms with van der Waals surface area (Å²) in [5, 5.41) is 7.09. The molecule has 0 aliphatic carbocycles. The van der Waals surface area contributed by atoms with Gasteiger partial charge in [-0.15, -0.1) is 0 Å². The van der Waals surface area contributed by atoms with Gasteiger partial charge in [0.2, 0.25) is 0 Å². The molecule has 0 heterocycles. The Morgan fingerprint density at radius 3 is 2.12 bits per heavy atom. The first kappa shape index (κ1) is 7.15. The highest BCUT2D eigenvalue weighted by Crippen LogP contribution is 1.92. The van der Waals surface area contributed by atoms with Crippen LogP contribution in [0.1, 0.15) is 13.8 Å². The molecule has 1 N–H and O–H groups in total. The summed E-state index contributed by atoms with van der Waals surface area (Å²) >= 11 is 0. The van der Waals surface area contributed by atoms with Crippen LogP contribution in [-0.4, -0.2) is 5.71 Å². The van der Waals surface area contributed by atoms with Gasteiger partial charge in [-0.2, -0.15) is 0 Å². The van der Waals surface area contributed by atoms with E-state index in [1.807, 2.05) is 13.0 Å². The third kappa shape index (κ3) is 2.35. The third-order valence-electron chi connectivity index (χ3n) is 0.959. The summed E-state index contributed by atoms with van der Waals surface area (Å²) in [5.74, 6) is 0. The summed E-state index contributed by atoms with van der Waals surface area (Å²) in [4.78, 5) is 0. The second kappa shape index (κ2) is 3.19. The fourth-order valence-electron chi connectivity index (χ4n) is 0.302. The zero-order valence-corrected chi connectivity index (χ0v) is 5.36. The standard InChI is InChI=1S/C7H11N/c1-4-5-6(2)7(3)8/h4-5,8H,1H2,2-3H3/b6-5+,8-7?. The Balaban J connectivity index is 3.99. The van der Waals surface area contributed by atoms with Crippen LogP contribution in [0.5, 0.6) is 0 Å². The van der Waals surface area contributed by atoms with Crippen molar-refractivity contribution in [2.24, 2.45) is 0 Å². The molecule has 44 valence electrons. The molecule has 0 radical (unpaired) electrons. The van der Waals surface area contributed by atoms with Gasteiger partial charge in [0, 0.05) is 5.71 Å². The SMILES string of the molecule is C=C/C=C(\C)C(C)=N. The van der Waals surface area contributed by atoms with E-state index in [0.29, 0.717) is 5.71 Å². The number of rotatable bonds is 2. The zero-order valence-electron chi connectivity index (χ0n) is 5.36. The molecule has 0 amide bonds. The van der Waals surface area contributed by atoms with Crippen molar-refractivity contribution in [1.82, 2.24) is 0 Å². The van der Waals surface area contributed by atoms with Crippen LogP contribution in [0.2, 0.25) is 0 Å². The predicted molar refractivity (Wildman–Crippen MR) is 37.4 cm³/mol. The van der Waals surface area contributed by atoms with Crippen molar-refractivity contribution in [3.63, 3.8) is 0 Å². The summed E-state index contributed by atoms with van der Waals surface area (Å²) < 4.78 is 0. The summed E-state index contributed by atoms with van der Waals surface area (Å²) in [5.41, 5.74) is 1.57. The zero-order chi connectivity index (χ0) is 6.57. The van der Waals surface area contributed by atoms with Gasteiger partial charge in [0.25, 0.3) is 0 Å². The lowest BCUT2D eigenvalue weighted by Gasteiger charge is -1.90. The fourth-order valence-corrected chi connectivity index (χ4v) is 0.302. The highest BCUT2D eigenvalue weighted by atomic mass is 14.4. The minimum absolute atomic E-state index is 0.602. The Morgan fingerprint density at radius 2 is 2.00 bits per heavy atom. The van der Waals surface area contributed by atoms with Crippen molar-refractivity contribution < 1.29 is 0 Å². The van der Waals surface area contributed by atoms with E-state index in [1.165, 1.54) is 0 Å². The van der Waals surface area contributed by atoms with Crippen LogP contribution in [0.15, 0.2) is 24.3 Å². The average Bonchev–Trinajstić information content (AvgIpc) is 1.67. The maximum absolute atomic E-state index is 7.09. The van der Waals surface area contributed by atoms with Crippen molar-refractivity contribution in [3.8, 4) is 0 Å². The van der Waals surface area contributed by atoms with Gasteiger partial charge in [-0.05, 0) is 19.4 Å². The Bertz CT molecular complexity index is 131. The van der Waals surface area contributed by atoms with Crippen LogP contribution in [-0.2, 0) is 0 Å². The normalized spacial score (nSPS) is 11.0. The molecule has 0 rings (SSSR count). The largest absolute Gasteiger partial charge is 0.305 e. The van der Waals surface area contributed by atoms with Crippen molar-refractivity contribution in [1.29, 1.82) is 5.41 Å². The van der Waals surface area contributed by atoms with E-state index in [0.717, 1.165) is 5.57 Å². The maximum Gasteiger partial charge on any atom is 0.0312 e. The molecule has 0 aromatic carbocycles. The predicted octanol–water partition coefficient (Wildman–Crippen LogP) is 2.16. The van der Waals surface area contributed by atoms with Gasteiger partial charge >= 0.3 is 0 Å². The molecular formula is C7H11N. The molecule has 0 aliphatic heterocycles. The van der Waals surface area contributed by atoms with Gasteiger partial charge in [-0.3, -0.25) is 0 Å². The van der Waals surface area contributed by atoms with E-state index in [9.17, 15) is 0 Å². The molecule has 0 unspecified atom stereocenters. The van der Waals surface area contributed by atoms with Crippen LogP contribution in [0.25, 0.3) is 0 Å². The molecule has 1 heteroatoms. The van der Waals surface area contributed by atoms with Crippen LogP contribution in [0.3, 0.4) is 0 Å². The van der Waals surface area contributed by atoms with Crippen LogP contribution < -0.4 is 0 Å². The Kier molecular flexibility index (Phi) is 2.85. The highest BCUT2D eigenvalue weighted by molar-refractivity contribution is 5.95. The first-order valence-electron chi connectivity index (χ1n) is 2.53. The summed E-state index contributed by atoms with van der Waals surface area (Å²) in [6.07, 6.45) is 3.51. The molecule has 0 aliphatic rings. The van der Waals surface area contributed by atoms with Gasteiger partial charge in [-0.1, -0.05) is 18.7 Å². The average molecular weight is 109 g/mol. The molecule has 0 spiro atoms. The van der Waals surface area contributed by atoms with E-state index >= 15 is 0 Å². The van der Waals surface area contributed by atoms with Gasteiger partial charge < -0.3 is 5.41 Å². The molecule has 0 atom stereocenters. The minimum atomic E-state index is 0.602. The van der Waals surface area contributed by atoms with E-state index < -0.39 is 0 Å². The van der Waals surface area contributed by atoms with Crippen molar-refractivity contribution in [2.45, 2.75) is 13.8 Å². The van der Waals surface area contributed by atoms with Crippen LogP contribution in [0.4, 0.5) is 0 Å². The molecule has 0 aromatic rings. The van der Waals surface area contributed by atoms with Crippen LogP contribution >= 0.6 is 0 Å². The number of allylic oxidation sites excluding steroid dienone is 3. The highest BCUT2D eigenvalue weighted by Gasteiger charge is 1.85. The van der Waals surface area contributed by atoms with Gasteiger partial charge in [-0.25, -0.2) is 0 Å². The van der Waals surface area contributed by atoms with E-state index in [4.69, 9.17) is 5.41 Å². The second-order valence-electron chi connectivity index (χ2n) is 1.71. The van der Waals surface area contributed by atoms with Gasteiger partial charge in [0.15, 0.2) is 0 Å². The molecule has 0 saturated heterocycles. The summed E-state index contributed by atoms with van der Waals surface area (Å²) in [6, 6.07) is 0. The summed E-state index contributed by atoms with van der Waals surface area (Å²) in [6.45, 7) is 7.16. The molecule has 0 aromatic heterocycles. The fraction of sp³-hybridized carbons (Fsp3) is 0.286. The Morgan fingerprint density at radius 1 is 1.50 bits per heavy atom. The monoisotopic (exact) mass is 109 g/mol. The number of hydrogen-bond donors (Lipinski definition) is 1. The molecule has 0 fully saturated rings. The molecule has 0 bridgehead atoms. The maximum atomic E-state index is 7.09. The minimum Gasteiger partial charge on any atom is -0.305 e. The number of hydrogen-bond acceptors (Lipinski definition) is 1. The molecule has 0 saturated carbocycles. The van der Waals surface area contributed by atoms with Gasteiger partial charge in [0.05, 0.1) is 0 Å². The quantitative estimate of drug-likeness (QED) is 0.415. The van der Waals surface area contributed by atoms with E-state index in [2.05, 4.69) is 6.58 Å². The van der Waals surface area contributed by atoms with E-state index in [-0.39, 0.29) is 0 Å². The first-order valence-corrected chi connectivity index (χ1v) is 2.53. The van der Waals surface area contributed by atoms with E-state index in [1.54, 1.807) is 13.0 Å². The lowest BCUT2D eigenvalue weighted by molar-refractivity contribution is 1.42. The van der Waals surface area contributed by atoms with Crippen molar-refractivity contribution >= 4 is 5.71 Å². The van der Waals surface area contributed by atoms with Crippen molar-refractivity contribution in [2.75, 3.05) is 0 Å². The summed E-state index contributed by atoms with van der Waals surface area (Å²) in [7, 11) is 0. The molecule has 1 nitrogen and oxygen atoms in total. The topological polar surface area (TPSA) is 23.9 Å². The Labute approximate surface area is 50.2 Å². The molecule has 8 heavy (non-hydrogen) atoms. The first-order chi connectivity index (χ1) is 3.68. The van der Waals surface area contributed by atoms with Crippen LogP contribution in [0, 0.1) is 5.41 Å². The van der Waals surface area contributed by atoms with Gasteiger partial charge in [0.1, 0.15) is 0 Å². The lowest BCUT2D eigenvalue weighted by atomic mass is 10.2. The number of nitrogens with one attached hydrogen (secondary N) is 1. The van der Waals surface area contributed by atoms with Crippen molar-refractivity contribution in [3.05, 3.63) is 24.3 Å².